The van der Waals surface area contributed by atoms with Gasteiger partial charge in [0.15, 0.2) is 0 Å². The molecule has 2 amide bonds. The average Bonchev–Trinajstić information content (AvgIpc) is 2.67. The van der Waals surface area contributed by atoms with Crippen LogP contribution in [0.3, 0.4) is 0 Å². The van der Waals surface area contributed by atoms with Crippen LogP contribution in [0.4, 0.5) is 4.79 Å². The molecule has 1 aromatic heterocycles. The normalized spacial score (nSPS) is 14.6. The number of aromatic nitrogens is 1. The quantitative estimate of drug-likeness (QED) is 0.779. The summed E-state index contributed by atoms with van der Waals surface area (Å²) in [5, 5.41) is 18.8. The van der Waals surface area contributed by atoms with Gasteiger partial charge in [0.25, 0.3) is 0 Å². The molecule has 1 rings (SSSR count). The van der Waals surface area contributed by atoms with Gasteiger partial charge >= 0.3 is 6.03 Å². The van der Waals surface area contributed by atoms with Crippen LogP contribution in [0.25, 0.3) is 0 Å². The molecule has 21 heavy (non-hydrogen) atoms. The standard InChI is InChI=1S/C15H27N3O3/c1-9(13-10(2)18-21-11(13)3)16-14(20)17-12(7-8-19)15(4,5)6/h9,12,19H,7-8H2,1-6H3,(H2,16,17,20)/t9-,12-/m0/s1. The molecule has 0 unspecified atom stereocenters. The van der Waals surface area contributed by atoms with Crippen molar-refractivity contribution in [1.82, 2.24) is 15.8 Å². The maximum absolute atomic E-state index is 12.1. The minimum Gasteiger partial charge on any atom is -0.396 e. The summed E-state index contributed by atoms with van der Waals surface area (Å²) in [6.45, 7) is 11.7. The summed E-state index contributed by atoms with van der Waals surface area (Å²) < 4.78 is 5.12. The lowest BCUT2D eigenvalue weighted by molar-refractivity contribution is 0.188. The van der Waals surface area contributed by atoms with Gasteiger partial charge in [0.05, 0.1) is 11.7 Å². The summed E-state index contributed by atoms with van der Waals surface area (Å²) >= 11 is 0. The van der Waals surface area contributed by atoms with Crippen LogP contribution in [-0.2, 0) is 0 Å². The minimum atomic E-state index is -0.254. The number of aliphatic hydroxyl groups is 1. The Kier molecular flexibility index (Phi) is 5.78. The molecular weight excluding hydrogens is 270 g/mol. The maximum atomic E-state index is 12.1. The Morgan fingerprint density at radius 3 is 2.38 bits per heavy atom. The van der Waals surface area contributed by atoms with Crippen LogP contribution in [0, 0.1) is 19.3 Å². The second-order valence-electron chi connectivity index (χ2n) is 6.51. The van der Waals surface area contributed by atoms with E-state index in [-0.39, 0.29) is 30.1 Å². The number of rotatable bonds is 5. The second kappa shape index (κ2) is 6.93. The number of aryl methyl sites for hydroxylation is 2. The predicted octanol–water partition coefficient (Wildman–Crippen LogP) is 2.45. The average molecular weight is 297 g/mol. The predicted molar refractivity (Wildman–Crippen MR) is 81.0 cm³/mol. The van der Waals surface area contributed by atoms with Crippen molar-refractivity contribution in [2.24, 2.45) is 5.41 Å². The Balaban J connectivity index is 2.68. The van der Waals surface area contributed by atoms with E-state index in [9.17, 15) is 4.79 Å². The fourth-order valence-electron chi connectivity index (χ4n) is 2.43. The molecule has 0 fully saturated rings. The van der Waals surface area contributed by atoms with E-state index >= 15 is 0 Å². The van der Waals surface area contributed by atoms with E-state index in [1.54, 1.807) is 0 Å². The Hall–Kier alpha value is -1.56. The van der Waals surface area contributed by atoms with Crippen LogP contribution in [0.2, 0.25) is 0 Å². The van der Waals surface area contributed by atoms with E-state index < -0.39 is 0 Å². The zero-order valence-corrected chi connectivity index (χ0v) is 13.8. The molecule has 0 bridgehead atoms. The largest absolute Gasteiger partial charge is 0.396 e. The molecule has 0 aliphatic rings. The number of carbonyl (C=O) groups is 1. The zero-order chi connectivity index (χ0) is 16.2. The van der Waals surface area contributed by atoms with Crippen molar-refractivity contribution in [2.45, 2.75) is 60.0 Å². The fourth-order valence-corrected chi connectivity index (χ4v) is 2.43. The summed E-state index contributed by atoms with van der Waals surface area (Å²) in [5.41, 5.74) is 1.56. The number of urea groups is 1. The molecule has 3 N–H and O–H groups in total. The zero-order valence-electron chi connectivity index (χ0n) is 13.8. The van der Waals surface area contributed by atoms with Crippen LogP contribution >= 0.6 is 0 Å². The second-order valence-corrected chi connectivity index (χ2v) is 6.51. The van der Waals surface area contributed by atoms with Gasteiger partial charge in [-0.25, -0.2) is 4.79 Å². The van der Waals surface area contributed by atoms with Crippen molar-refractivity contribution in [1.29, 1.82) is 0 Å². The topological polar surface area (TPSA) is 87.4 Å². The number of carbonyl (C=O) groups excluding carboxylic acids is 1. The summed E-state index contributed by atoms with van der Waals surface area (Å²) in [4.78, 5) is 12.1. The minimum absolute atomic E-state index is 0.0433. The lowest BCUT2D eigenvalue weighted by atomic mass is 9.85. The first-order valence-corrected chi connectivity index (χ1v) is 7.27. The smallest absolute Gasteiger partial charge is 0.315 e. The molecule has 0 radical (unpaired) electrons. The van der Waals surface area contributed by atoms with Crippen molar-refractivity contribution in [3.8, 4) is 0 Å². The van der Waals surface area contributed by atoms with Gasteiger partial charge in [-0.1, -0.05) is 25.9 Å². The molecule has 120 valence electrons. The van der Waals surface area contributed by atoms with Gasteiger partial charge in [-0.05, 0) is 32.6 Å². The SMILES string of the molecule is Cc1noc(C)c1[C@H](C)NC(=O)N[C@@H](CCO)C(C)(C)C. The molecule has 0 saturated carbocycles. The summed E-state index contributed by atoms with van der Waals surface area (Å²) in [5.74, 6) is 0.711. The monoisotopic (exact) mass is 297 g/mol. The van der Waals surface area contributed by atoms with Gasteiger partial charge in [-0.2, -0.15) is 0 Å². The Labute approximate surface area is 126 Å². The van der Waals surface area contributed by atoms with Crippen LogP contribution in [0.5, 0.6) is 0 Å². The molecule has 0 aliphatic heterocycles. The molecule has 6 nitrogen and oxygen atoms in total. The molecule has 6 heteroatoms. The van der Waals surface area contributed by atoms with Crippen molar-refractivity contribution in [3.05, 3.63) is 17.0 Å². The Morgan fingerprint density at radius 2 is 1.95 bits per heavy atom. The van der Waals surface area contributed by atoms with Crippen LogP contribution < -0.4 is 10.6 Å². The molecule has 1 heterocycles. The summed E-state index contributed by atoms with van der Waals surface area (Å²) in [6.07, 6.45) is 0.524. The number of nitrogens with zero attached hydrogens (tertiary/aromatic N) is 1. The van der Waals surface area contributed by atoms with Gasteiger partial charge in [0.2, 0.25) is 0 Å². The fraction of sp³-hybridized carbons (Fsp3) is 0.733. The van der Waals surface area contributed by atoms with Crippen LogP contribution in [0.15, 0.2) is 4.52 Å². The molecule has 0 aromatic carbocycles. The molecule has 0 aliphatic carbocycles. The number of hydrogen-bond donors (Lipinski definition) is 3. The van der Waals surface area contributed by atoms with Crippen molar-refractivity contribution in [2.75, 3.05) is 6.61 Å². The molecule has 2 atom stereocenters. The highest BCUT2D eigenvalue weighted by molar-refractivity contribution is 5.74. The molecule has 0 saturated heterocycles. The Morgan fingerprint density at radius 1 is 1.33 bits per heavy atom. The van der Waals surface area contributed by atoms with E-state index in [0.717, 1.165) is 11.3 Å². The highest BCUT2D eigenvalue weighted by Gasteiger charge is 2.26. The van der Waals surface area contributed by atoms with Crippen molar-refractivity contribution < 1.29 is 14.4 Å². The van der Waals surface area contributed by atoms with Crippen LogP contribution in [-0.4, -0.2) is 28.9 Å². The number of hydrogen-bond acceptors (Lipinski definition) is 4. The van der Waals surface area contributed by atoms with Crippen molar-refractivity contribution in [3.63, 3.8) is 0 Å². The highest BCUT2D eigenvalue weighted by atomic mass is 16.5. The van der Waals surface area contributed by atoms with Gasteiger partial charge in [-0.15, -0.1) is 0 Å². The van der Waals surface area contributed by atoms with Gasteiger partial charge in [0, 0.05) is 18.2 Å². The third-order valence-corrected chi connectivity index (χ3v) is 3.64. The first-order valence-electron chi connectivity index (χ1n) is 7.27. The van der Waals surface area contributed by atoms with Gasteiger partial charge in [-0.3, -0.25) is 0 Å². The third-order valence-electron chi connectivity index (χ3n) is 3.64. The first kappa shape index (κ1) is 17.5. The van der Waals surface area contributed by atoms with Gasteiger partial charge in [0.1, 0.15) is 5.76 Å². The van der Waals surface area contributed by atoms with E-state index in [1.165, 1.54) is 0 Å². The first-order chi connectivity index (χ1) is 9.66. The van der Waals surface area contributed by atoms with E-state index in [0.29, 0.717) is 12.2 Å². The summed E-state index contributed by atoms with van der Waals surface area (Å²) in [6, 6.07) is -0.541. The lowest BCUT2D eigenvalue weighted by Crippen LogP contribution is -2.49. The summed E-state index contributed by atoms with van der Waals surface area (Å²) in [7, 11) is 0. The van der Waals surface area contributed by atoms with E-state index in [2.05, 4.69) is 15.8 Å². The number of nitrogens with one attached hydrogen (secondary N) is 2. The molecular formula is C15H27N3O3. The lowest BCUT2D eigenvalue weighted by Gasteiger charge is -2.31. The van der Waals surface area contributed by atoms with Gasteiger partial charge < -0.3 is 20.3 Å². The third kappa shape index (κ3) is 4.74. The number of amides is 2. The van der Waals surface area contributed by atoms with E-state index in [1.807, 2.05) is 41.5 Å². The molecule has 0 spiro atoms. The highest BCUT2D eigenvalue weighted by Crippen LogP contribution is 2.23. The van der Waals surface area contributed by atoms with Crippen LogP contribution in [0.1, 0.15) is 57.2 Å². The van der Waals surface area contributed by atoms with Crippen molar-refractivity contribution >= 4 is 6.03 Å². The Bertz CT molecular complexity index is 457. The van der Waals surface area contributed by atoms with E-state index in [4.69, 9.17) is 9.63 Å². The number of aliphatic hydroxyl groups excluding tert-OH is 1. The maximum Gasteiger partial charge on any atom is 0.315 e. The molecule has 1 aromatic rings.